The molecule has 0 saturated heterocycles. The Hall–Kier alpha value is -3.67. The van der Waals surface area contributed by atoms with Gasteiger partial charge >= 0.3 is 0 Å². The van der Waals surface area contributed by atoms with Gasteiger partial charge in [-0.1, -0.05) is 30.7 Å². The lowest BCUT2D eigenvalue weighted by Gasteiger charge is -2.10. The molecule has 30 heavy (non-hydrogen) atoms. The summed E-state index contributed by atoms with van der Waals surface area (Å²) in [5.74, 6) is 0.503. The van der Waals surface area contributed by atoms with Gasteiger partial charge in [-0.3, -0.25) is 4.79 Å². The Morgan fingerprint density at radius 3 is 2.47 bits per heavy atom. The third-order valence-corrected chi connectivity index (χ3v) is 4.81. The van der Waals surface area contributed by atoms with Gasteiger partial charge in [-0.15, -0.1) is 10.2 Å². The van der Waals surface area contributed by atoms with Crippen molar-refractivity contribution in [1.82, 2.24) is 15.0 Å². The number of aromatic nitrogens is 3. The van der Waals surface area contributed by atoms with E-state index in [4.69, 9.17) is 4.74 Å². The maximum absolute atomic E-state index is 12.8. The third-order valence-electron chi connectivity index (χ3n) is 4.81. The van der Waals surface area contributed by atoms with Crippen molar-refractivity contribution in [1.29, 1.82) is 0 Å². The Morgan fingerprint density at radius 1 is 1.00 bits per heavy atom. The van der Waals surface area contributed by atoms with Gasteiger partial charge in [-0.05, 0) is 68.3 Å². The standard InChI is InChI=1S/C24H24N4O2/c1-4-12-30-20-7-5-6-18(14-20)24(29)25-21-15-23-22(13-17(21)3)26-28(27-23)19-10-8-16(2)9-11-19/h5-11,13-15H,4,12H2,1-3H3,(H,25,29). The number of benzene rings is 3. The second-order valence-corrected chi connectivity index (χ2v) is 7.31. The highest BCUT2D eigenvalue weighted by atomic mass is 16.5. The molecule has 0 saturated carbocycles. The Bertz CT molecular complexity index is 1200. The van der Waals surface area contributed by atoms with E-state index in [9.17, 15) is 4.79 Å². The second-order valence-electron chi connectivity index (χ2n) is 7.31. The fraction of sp³-hybridized carbons (Fsp3) is 0.208. The molecule has 0 aliphatic carbocycles. The highest BCUT2D eigenvalue weighted by molar-refractivity contribution is 6.05. The second kappa shape index (κ2) is 8.37. The summed E-state index contributed by atoms with van der Waals surface area (Å²) in [6.07, 6.45) is 0.916. The summed E-state index contributed by atoms with van der Waals surface area (Å²) in [4.78, 5) is 14.4. The summed E-state index contributed by atoms with van der Waals surface area (Å²) >= 11 is 0. The third kappa shape index (κ3) is 4.17. The molecule has 1 heterocycles. The van der Waals surface area contributed by atoms with Crippen molar-refractivity contribution in [2.45, 2.75) is 27.2 Å². The predicted molar refractivity (Wildman–Crippen MR) is 119 cm³/mol. The quantitative estimate of drug-likeness (QED) is 0.490. The van der Waals surface area contributed by atoms with E-state index in [1.54, 1.807) is 16.9 Å². The SMILES string of the molecule is CCCOc1cccc(C(=O)Nc2cc3nn(-c4ccc(C)cc4)nc3cc2C)c1. The van der Waals surface area contributed by atoms with E-state index >= 15 is 0 Å². The Kier molecular flexibility index (Phi) is 5.48. The average molecular weight is 400 g/mol. The van der Waals surface area contributed by atoms with E-state index in [-0.39, 0.29) is 5.91 Å². The minimum absolute atomic E-state index is 0.190. The van der Waals surface area contributed by atoms with E-state index in [1.165, 1.54) is 5.56 Å². The normalized spacial score (nSPS) is 10.9. The molecule has 1 N–H and O–H groups in total. The van der Waals surface area contributed by atoms with Crippen LogP contribution in [0.4, 0.5) is 5.69 Å². The van der Waals surface area contributed by atoms with Crippen LogP contribution >= 0.6 is 0 Å². The van der Waals surface area contributed by atoms with Crippen molar-refractivity contribution in [3.05, 3.63) is 77.4 Å². The predicted octanol–water partition coefficient (Wildman–Crippen LogP) is 5.08. The van der Waals surface area contributed by atoms with Gasteiger partial charge in [0.2, 0.25) is 0 Å². The molecule has 0 spiro atoms. The Labute approximate surface area is 175 Å². The van der Waals surface area contributed by atoms with Crippen LogP contribution in [0.3, 0.4) is 0 Å². The van der Waals surface area contributed by atoms with Gasteiger partial charge in [0.05, 0.1) is 12.3 Å². The number of hydrogen-bond acceptors (Lipinski definition) is 4. The van der Waals surface area contributed by atoms with E-state index in [2.05, 4.69) is 15.5 Å². The molecule has 152 valence electrons. The first-order valence-corrected chi connectivity index (χ1v) is 10.0. The number of rotatable bonds is 6. The zero-order valence-corrected chi connectivity index (χ0v) is 17.3. The highest BCUT2D eigenvalue weighted by Gasteiger charge is 2.12. The molecule has 0 radical (unpaired) electrons. The fourth-order valence-electron chi connectivity index (χ4n) is 3.14. The molecular formula is C24H24N4O2. The van der Waals surface area contributed by atoms with Gasteiger partial charge in [-0.25, -0.2) is 0 Å². The van der Waals surface area contributed by atoms with Crippen molar-refractivity contribution < 1.29 is 9.53 Å². The van der Waals surface area contributed by atoms with E-state index in [0.717, 1.165) is 28.7 Å². The molecule has 4 aromatic rings. The van der Waals surface area contributed by atoms with Gasteiger partial charge in [0, 0.05) is 11.3 Å². The van der Waals surface area contributed by atoms with Gasteiger partial charge in [-0.2, -0.15) is 4.80 Å². The zero-order chi connectivity index (χ0) is 21.1. The maximum atomic E-state index is 12.8. The molecule has 1 amide bonds. The first-order valence-electron chi connectivity index (χ1n) is 10.0. The number of carbonyl (C=O) groups is 1. The molecule has 0 aliphatic heterocycles. The monoisotopic (exact) mass is 400 g/mol. The summed E-state index contributed by atoms with van der Waals surface area (Å²) in [6.45, 7) is 6.66. The van der Waals surface area contributed by atoms with Crippen LogP contribution in [0, 0.1) is 13.8 Å². The van der Waals surface area contributed by atoms with Gasteiger partial charge in [0.1, 0.15) is 16.8 Å². The first kappa shape index (κ1) is 19.6. The van der Waals surface area contributed by atoms with Crippen LogP contribution in [-0.4, -0.2) is 27.5 Å². The van der Waals surface area contributed by atoms with Crippen LogP contribution in [0.5, 0.6) is 5.75 Å². The molecule has 0 aliphatic rings. The molecule has 1 aromatic heterocycles. The number of amides is 1. The molecule has 0 bridgehead atoms. The number of nitrogens with one attached hydrogen (secondary N) is 1. The molecule has 6 nitrogen and oxygen atoms in total. The molecule has 4 rings (SSSR count). The van der Waals surface area contributed by atoms with Crippen LogP contribution in [0.15, 0.2) is 60.7 Å². The Morgan fingerprint density at radius 2 is 1.73 bits per heavy atom. The lowest BCUT2D eigenvalue weighted by atomic mass is 10.1. The number of aryl methyl sites for hydroxylation is 2. The van der Waals surface area contributed by atoms with Crippen molar-refractivity contribution in [2.75, 3.05) is 11.9 Å². The molecular weight excluding hydrogens is 376 g/mol. The molecule has 0 fully saturated rings. The minimum Gasteiger partial charge on any atom is -0.494 e. The summed E-state index contributed by atoms with van der Waals surface area (Å²) in [6, 6.07) is 19.0. The number of fused-ring (bicyclic) bond motifs is 1. The number of carbonyl (C=O) groups excluding carboxylic acids is 1. The van der Waals surface area contributed by atoms with Crippen LogP contribution < -0.4 is 10.1 Å². The van der Waals surface area contributed by atoms with Crippen molar-refractivity contribution in [2.24, 2.45) is 0 Å². The smallest absolute Gasteiger partial charge is 0.255 e. The van der Waals surface area contributed by atoms with E-state index in [0.29, 0.717) is 23.6 Å². The largest absolute Gasteiger partial charge is 0.494 e. The number of hydrogen-bond donors (Lipinski definition) is 1. The van der Waals surface area contributed by atoms with Crippen LogP contribution in [0.2, 0.25) is 0 Å². The topological polar surface area (TPSA) is 69.0 Å². The number of ether oxygens (including phenoxy) is 1. The van der Waals surface area contributed by atoms with Crippen molar-refractivity contribution in [3.63, 3.8) is 0 Å². The number of anilines is 1. The maximum Gasteiger partial charge on any atom is 0.255 e. The van der Waals surface area contributed by atoms with Crippen molar-refractivity contribution >= 4 is 22.6 Å². The average Bonchev–Trinajstić information content (AvgIpc) is 3.15. The molecule has 0 atom stereocenters. The number of nitrogens with zero attached hydrogens (tertiary/aromatic N) is 3. The fourth-order valence-corrected chi connectivity index (χ4v) is 3.14. The Balaban J connectivity index is 1.59. The zero-order valence-electron chi connectivity index (χ0n) is 17.3. The van der Waals surface area contributed by atoms with Gasteiger partial charge in [0.15, 0.2) is 0 Å². The van der Waals surface area contributed by atoms with Crippen LogP contribution in [-0.2, 0) is 0 Å². The van der Waals surface area contributed by atoms with Crippen LogP contribution in [0.1, 0.15) is 34.8 Å². The minimum atomic E-state index is -0.190. The van der Waals surface area contributed by atoms with E-state index in [1.807, 2.05) is 69.3 Å². The molecule has 6 heteroatoms. The van der Waals surface area contributed by atoms with Gasteiger partial charge < -0.3 is 10.1 Å². The first-order chi connectivity index (χ1) is 14.5. The van der Waals surface area contributed by atoms with Gasteiger partial charge in [0.25, 0.3) is 5.91 Å². The van der Waals surface area contributed by atoms with Crippen molar-refractivity contribution in [3.8, 4) is 11.4 Å². The highest BCUT2D eigenvalue weighted by Crippen LogP contribution is 2.23. The summed E-state index contributed by atoms with van der Waals surface area (Å²) < 4.78 is 5.63. The van der Waals surface area contributed by atoms with Crippen LogP contribution in [0.25, 0.3) is 16.7 Å². The summed E-state index contributed by atoms with van der Waals surface area (Å²) in [5.41, 5.74) is 5.75. The molecule has 0 unspecified atom stereocenters. The van der Waals surface area contributed by atoms with E-state index < -0.39 is 0 Å². The molecule has 3 aromatic carbocycles. The summed E-state index contributed by atoms with van der Waals surface area (Å²) in [5, 5.41) is 12.1. The lowest BCUT2D eigenvalue weighted by molar-refractivity contribution is 0.102. The summed E-state index contributed by atoms with van der Waals surface area (Å²) in [7, 11) is 0. The lowest BCUT2D eigenvalue weighted by Crippen LogP contribution is -2.13.